The summed E-state index contributed by atoms with van der Waals surface area (Å²) < 4.78 is 1.83. The predicted molar refractivity (Wildman–Crippen MR) is 65.2 cm³/mol. The average Bonchev–Trinajstić information content (AvgIpc) is 2.64. The lowest BCUT2D eigenvalue weighted by molar-refractivity contribution is 0.0471. The molecule has 1 rings (SSSR count). The van der Waals surface area contributed by atoms with E-state index in [1.165, 1.54) is 0 Å². The van der Waals surface area contributed by atoms with E-state index in [1.807, 2.05) is 24.6 Å². The number of aliphatic hydroxyl groups is 1. The van der Waals surface area contributed by atoms with Gasteiger partial charge in [-0.25, -0.2) is 0 Å². The molecule has 0 radical (unpaired) electrons. The van der Waals surface area contributed by atoms with E-state index in [1.54, 1.807) is 6.20 Å². The Morgan fingerprint density at radius 2 is 2.25 bits per heavy atom. The van der Waals surface area contributed by atoms with Crippen LogP contribution in [0.25, 0.3) is 0 Å². The molecule has 1 aromatic heterocycles. The summed E-state index contributed by atoms with van der Waals surface area (Å²) in [6, 6.07) is 1.88. The van der Waals surface area contributed by atoms with E-state index in [9.17, 15) is 5.11 Å². The van der Waals surface area contributed by atoms with Gasteiger partial charge in [0.05, 0.1) is 5.69 Å². The van der Waals surface area contributed by atoms with Gasteiger partial charge >= 0.3 is 0 Å². The first kappa shape index (κ1) is 13.2. The van der Waals surface area contributed by atoms with Crippen LogP contribution in [0.1, 0.15) is 33.4 Å². The van der Waals surface area contributed by atoms with Crippen molar-refractivity contribution in [2.24, 2.45) is 5.92 Å². The summed E-state index contributed by atoms with van der Waals surface area (Å²) in [5.74, 6) is 0.590. The van der Waals surface area contributed by atoms with E-state index < -0.39 is 5.60 Å². The molecule has 0 aliphatic heterocycles. The SMILES string of the molecule is CCn1nccc1C(C)(O)CNCC(C)C. The molecule has 1 atom stereocenters. The molecule has 0 spiro atoms. The summed E-state index contributed by atoms with van der Waals surface area (Å²) in [5, 5.41) is 17.8. The molecule has 4 nitrogen and oxygen atoms in total. The van der Waals surface area contributed by atoms with Crippen LogP contribution in [-0.4, -0.2) is 28.0 Å². The van der Waals surface area contributed by atoms with Crippen LogP contribution in [0.5, 0.6) is 0 Å². The van der Waals surface area contributed by atoms with Crippen LogP contribution < -0.4 is 5.32 Å². The van der Waals surface area contributed by atoms with Crippen molar-refractivity contribution in [1.82, 2.24) is 15.1 Å². The van der Waals surface area contributed by atoms with Gasteiger partial charge in [-0.2, -0.15) is 5.10 Å². The topological polar surface area (TPSA) is 50.1 Å². The summed E-state index contributed by atoms with van der Waals surface area (Å²) in [4.78, 5) is 0. The fraction of sp³-hybridized carbons (Fsp3) is 0.750. The Kier molecular flexibility index (Phi) is 4.50. The number of hydrogen-bond donors (Lipinski definition) is 2. The minimum atomic E-state index is -0.860. The quantitative estimate of drug-likeness (QED) is 0.768. The Hall–Kier alpha value is -0.870. The van der Waals surface area contributed by atoms with Crippen LogP contribution in [0, 0.1) is 5.92 Å². The predicted octanol–water partition coefficient (Wildman–Crippen LogP) is 1.36. The zero-order valence-corrected chi connectivity index (χ0v) is 10.7. The highest BCUT2D eigenvalue weighted by molar-refractivity contribution is 5.11. The zero-order chi connectivity index (χ0) is 12.2. The Morgan fingerprint density at radius 3 is 2.81 bits per heavy atom. The molecule has 92 valence electrons. The third-order valence-corrected chi connectivity index (χ3v) is 2.59. The molecule has 1 unspecified atom stereocenters. The number of nitrogens with one attached hydrogen (secondary N) is 1. The molecular formula is C12H23N3O. The van der Waals surface area contributed by atoms with Crippen molar-refractivity contribution in [2.45, 2.75) is 39.8 Å². The molecule has 1 heterocycles. The van der Waals surface area contributed by atoms with Crippen molar-refractivity contribution >= 4 is 0 Å². The molecule has 0 aliphatic carbocycles. The molecule has 0 amide bonds. The number of rotatable bonds is 6. The number of nitrogens with zero attached hydrogens (tertiary/aromatic N) is 2. The molecule has 0 aromatic carbocycles. The van der Waals surface area contributed by atoms with Gasteiger partial charge in [0.1, 0.15) is 5.60 Å². The van der Waals surface area contributed by atoms with E-state index >= 15 is 0 Å². The van der Waals surface area contributed by atoms with Gasteiger partial charge < -0.3 is 10.4 Å². The average molecular weight is 225 g/mol. The van der Waals surface area contributed by atoms with E-state index in [-0.39, 0.29) is 0 Å². The first-order chi connectivity index (χ1) is 7.47. The molecule has 16 heavy (non-hydrogen) atoms. The maximum Gasteiger partial charge on any atom is 0.116 e. The van der Waals surface area contributed by atoms with Gasteiger partial charge in [0, 0.05) is 19.3 Å². The van der Waals surface area contributed by atoms with Gasteiger partial charge in [-0.3, -0.25) is 4.68 Å². The van der Waals surface area contributed by atoms with Crippen molar-refractivity contribution in [2.75, 3.05) is 13.1 Å². The van der Waals surface area contributed by atoms with Gasteiger partial charge in [-0.05, 0) is 32.4 Å². The molecular weight excluding hydrogens is 202 g/mol. The largest absolute Gasteiger partial charge is 0.383 e. The maximum absolute atomic E-state index is 10.4. The highest BCUT2D eigenvalue weighted by atomic mass is 16.3. The van der Waals surface area contributed by atoms with E-state index in [0.29, 0.717) is 12.5 Å². The second-order valence-corrected chi connectivity index (χ2v) is 4.83. The Labute approximate surface area is 97.7 Å². The molecule has 0 saturated carbocycles. The van der Waals surface area contributed by atoms with Crippen LogP contribution in [0.15, 0.2) is 12.3 Å². The number of aryl methyl sites for hydroxylation is 1. The van der Waals surface area contributed by atoms with Gasteiger partial charge in [0.2, 0.25) is 0 Å². The standard InChI is InChI=1S/C12H23N3O/c1-5-15-11(6-7-14-15)12(4,16)9-13-8-10(2)3/h6-7,10,13,16H,5,8-9H2,1-4H3. The van der Waals surface area contributed by atoms with E-state index in [4.69, 9.17) is 0 Å². The molecule has 0 saturated heterocycles. The molecule has 2 N–H and O–H groups in total. The van der Waals surface area contributed by atoms with Crippen molar-refractivity contribution < 1.29 is 5.11 Å². The van der Waals surface area contributed by atoms with E-state index in [0.717, 1.165) is 18.8 Å². The Balaban J connectivity index is 2.62. The smallest absolute Gasteiger partial charge is 0.116 e. The van der Waals surface area contributed by atoms with E-state index in [2.05, 4.69) is 24.3 Å². The van der Waals surface area contributed by atoms with Crippen molar-refractivity contribution in [3.8, 4) is 0 Å². The Morgan fingerprint density at radius 1 is 1.56 bits per heavy atom. The second kappa shape index (κ2) is 5.46. The zero-order valence-electron chi connectivity index (χ0n) is 10.7. The van der Waals surface area contributed by atoms with Crippen LogP contribution in [0.4, 0.5) is 0 Å². The summed E-state index contributed by atoms with van der Waals surface area (Å²) >= 11 is 0. The molecule has 0 aliphatic rings. The monoisotopic (exact) mass is 225 g/mol. The van der Waals surface area contributed by atoms with Crippen molar-refractivity contribution in [3.05, 3.63) is 18.0 Å². The van der Waals surface area contributed by atoms with Gasteiger partial charge in [0.15, 0.2) is 0 Å². The summed E-state index contributed by atoms with van der Waals surface area (Å²) in [7, 11) is 0. The maximum atomic E-state index is 10.4. The number of aromatic nitrogens is 2. The van der Waals surface area contributed by atoms with Crippen LogP contribution in [0.2, 0.25) is 0 Å². The lowest BCUT2D eigenvalue weighted by atomic mass is 10.0. The lowest BCUT2D eigenvalue weighted by Crippen LogP contribution is -2.38. The molecule has 0 bridgehead atoms. The van der Waals surface area contributed by atoms with Crippen LogP contribution >= 0.6 is 0 Å². The minimum Gasteiger partial charge on any atom is -0.383 e. The van der Waals surface area contributed by atoms with Crippen LogP contribution in [-0.2, 0) is 12.1 Å². The fourth-order valence-electron chi connectivity index (χ4n) is 1.74. The summed E-state index contributed by atoms with van der Waals surface area (Å²) in [6.45, 7) is 10.4. The third kappa shape index (κ3) is 3.32. The number of hydrogen-bond acceptors (Lipinski definition) is 3. The normalized spacial score (nSPS) is 15.4. The molecule has 1 aromatic rings. The highest BCUT2D eigenvalue weighted by Crippen LogP contribution is 2.19. The molecule has 4 heteroatoms. The van der Waals surface area contributed by atoms with Crippen LogP contribution in [0.3, 0.4) is 0 Å². The van der Waals surface area contributed by atoms with Gasteiger partial charge in [0.25, 0.3) is 0 Å². The third-order valence-electron chi connectivity index (χ3n) is 2.59. The van der Waals surface area contributed by atoms with Gasteiger partial charge in [-0.1, -0.05) is 13.8 Å². The van der Waals surface area contributed by atoms with Gasteiger partial charge in [-0.15, -0.1) is 0 Å². The van der Waals surface area contributed by atoms with Crippen molar-refractivity contribution in [1.29, 1.82) is 0 Å². The highest BCUT2D eigenvalue weighted by Gasteiger charge is 2.26. The lowest BCUT2D eigenvalue weighted by Gasteiger charge is -2.25. The first-order valence-electron chi connectivity index (χ1n) is 5.92. The summed E-state index contributed by atoms with van der Waals surface area (Å²) in [6.07, 6.45) is 1.73. The second-order valence-electron chi connectivity index (χ2n) is 4.83. The molecule has 0 fully saturated rings. The fourth-order valence-corrected chi connectivity index (χ4v) is 1.74. The summed E-state index contributed by atoms with van der Waals surface area (Å²) in [5.41, 5.74) is 0.00718. The minimum absolute atomic E-state index is 0.552. The Bertz CT molecular complexity index is 318. The first-order valence-corrected chi connectivity index (χ1v) is 5.92. The van der Waals surface area contributed by atoms with Crippen molar-refractivity contribution in [3.63, 3.8) is 0 Å².